The molecule has 0 atom stereocenters. The van der Waals surface area contributed by atoms with Crippen LogP contribution in [0.4, 0.5) is 24.5 Å². The predicted molar refractivity (Wildman–Crippen MR) is 80.5 cm³/mol. The maximum Gasteiger partial charge on any atom is 0.420 e. The number of non-ortho nitro benzene ring substituents is 2. The summed E-state index contributed by atoms with van der Waals surface area (Å²) >= 11 is 0. The minimum Gasteiger partial charge on any atom is -0.426 e. The van der Waals surface area contributed by atoms with Gasteiger partial charge in [0.2, 0.25) is 0 Å². The van der Waals surface area contributed by atoms with Crippen molar-refractivity contribution in [3.8, 4) is 5.75 Å². The van der Waals surface area contributed by atoms with Gasteiger partial charge in [0.05, 0.1) is 16.3 Å². The highest BCUT2D eigenvalue weighted by Gasteiger charge is 2.36. The molecule has 8 nitrogen and oxygen atoms in total. The lowest BCUT2D eigenvalue weighted by Crippen LogP contribution is -2.15. The Kier molecular flexibility index (Phi) is 5.19. The number of rotatable bonds is 5. The van der Waals surface area contributed by atoms with E-state index >= 15 is 0 Å². The van der Waals surface area contributed by atoms with Gasteiger partial charge < -0.3 is 4.74 Å². The smallest absolute Gasteiger partial charge is 0.420 e. The number of nitro benzene ring substituents is 2. The van der Waals surface area contributed by atoms with E-state index in [-0.39, 0.29) is 17.3 Å². The molecule has 0 radical (unpaired) electrons. The lowest BCUT2D eigenvalue weighted by molar-refractivity contribution is -0.385. The highest BCUT2D eigenvalue weighted by molar-refractivity contribution is 5.76. The van der Waals surface area contributed by atoms with E-state index in [9.17, 15) is 38.2 Å². The van der Waals surface area contributed by atoms with Crippen molar-refractivity contribution in [1.82, 2.24) is 0 Å². The molecule has 0 aromatic heterocycles. The number of nitro groups is 2. The van der Waals surface area contributed by atoms with E-state index in [1.54, 1.807) is 0 Å². The zero-order chi connectivity index (χ0) is 19.5. The van der Waals surface area contributed by atoms with E-state index < -0.39 is 45.4 Å². The minimum atomic E-state index is -4.96. The Morgan fingerprint density at radius 3 is 2.00 bits per heavy atom. The molecule has 2 aromatic rings. The molecule has 0 unspecified atom stereocenters. The SMILES string of the molecule is O=C(Cc1ccc([N+](=O)[O-])cc1)Oc1ccc([N+](=O)[O-])cc1C(F)(F)F. The molecule has 0 aliphatic carbocycles. The number of carbonyl (C=O) groups excluding carboxylic acids is 1. The first-order valence-corrected chi connectivity index (χ1v) is 6.87. The maximum atomic E-state index is 13.0. The number of esters is 1. The first kappa shape index (κ1) is 18.8. The van der Waals surface area contributed by atoms with E-state index in [1.807, 2.05) is 0 Å². The average molecular weight is 370 g/mol. The molecule has 2 rings (SSSR count). The van der Waals surface area contributed by atoms with Crippen LogP contribution in [0, 0.1) is 20.2 Å². The summed E-state index contributed by atoms with van der Waals surface area (Å²) in [4.78, 5) is 31.3. The molecule has 0 N–H and O–H groups in total. The molecule has 0 spiro atoms. The Morgan fingerprint density at radius 1 is 0.962 bits per heavy atom. The fraction of sp³-hybridized carbons (Fsp3) is 0.133. The lowest BCUT2D eigenvalue weighted by Gasteiger charge is -2.12. The number of hydrogen-bond donors (Lipinski definition) is 0. The predicted octanol–water partition coefficient (Wildman–Crippen LogP) is 3.67. The number of hydrogen-bond acceptors (Lipinski definition) is 6. The third kappa shape index (κ3) is 4.53. The molecule has 0 amide bonds. The minimum absolute atomic E-state index is 0.211. The van der Waals surface area contributed by atoms with Gasteiger partial charge in [-0.1, -0.05) is 12.1 Å². The van der Waals surface area contributed by atoms with Crippen molar-refractivity contribution in [2.45, 2.75) is 12.6 Å². The standard InChI is InChI=1S/C15H9F3N2O6/c16-15(17,18)12-8-11(20(24)25)5-6-13(12)26-14(21)7-9-1-3-10(4-2-9)19(22)23/h1-6,8H,7H2. The van der Waals surface area contributed by atoms with Crippen molar-refractivity contribution >= 4 is 17.3 Å². The Bertz CT molecular complexity index is 865. The topological polar surface area (TPSA) is 113 Å². The van der Waals surface area contributed by atoms with E-state index in [2.05, 4.69) is 4.74 Å². The lowest BCUT2D eigenvalue weighted by atomic mass is 10.1. The second kappa shape index (κ2) is 7.17. The van der Waals surface area contributed by atoms with Crippen LogP contribution in [0.1, 0.15) is 11.1 Å². The molecule has 0 saturated carbocycles. The van der Waals surface area contributed by atoms with Crippen LogP contribution in [-0.4, -0.2) is 15.8 Å². The molecule has 136 valence electrons. The van der Waals surface area contributed by atoms with Gasteiger partial charge in [-0.3, -0.25) is 25.0 Å². The van der Waals surface area contributed by atoms with Crippen LogP contribution in [0.15, 0.2) is 42.5 Å². The molecule has 0 fully saturated rings. The normalized spacial score (nSPS) is 11.0. The van der Waals surface area contributed by atoms with Crippen molar-refractivity contribution in [3.63, 3.8) is 0 Å². The summed E-state index contributed by atoms with van der Waals surface area (Å²) in [6, 6.07) is 6.54. The summed E-state index contributed by atoms with van der Waals surface area (Å²) in [6.45, 7) is 0. The van der Waals surface area contributed by atoms with E-state index in [4.69, 9.17) is 0 Å². The van der Waals surface area contributed by atoms with Gasteiger partial charge in [-0.15, -0.1) is 0 Å². The van der Waals surface area contributed by atoms with Crippen molar-refractivity contribution in [2.75, 3.05) is 0 Å². The second-order valence-electron chi connectivity index (χ2n) is 5.01. The molecule has 26 heavy (non-hydrogen) atoms. The fourth-order valence-corrected chi connectivity index (χ4v) is 2.00. The summed E-state index contributed by atoms with van der Waals surface area (Å²) in [6.07, 6.45) is -5.40. The Labute approximate surface area is 143 Å². The van der Waals surface area contributed by atoms with Crippen LogP contribution in [0.2, 0.25) is 0 Å². The van der Waals surface area contributed by atoms with Gasteiger partial charge in [0.1, 0.15) is 11.3 Å². The zero-order valence-corrected chi connectivity index (χ0v) is 12.7. The van der Waals surface area contributed by atoms with Gasteiger partial charge in [-0.05, 0) is 11.6 Å². The molecular weight excluding hydrogens is 361 g/mol. The highest BCUT2D eigenvalue weighted by atomic mass is 19.4. The molecule has 11 heteroatoms. The first-order chi connectivity index (χ1) is 12.1. The van der Waals surface area contributed by atoms with Crippen LogP contribution in [0.5, 0.6) is 5.75 Å². The van der Waals surface area contributed by atoms with Crippen LogP contribution in [-0.2, 0) is 17.4 Å². The highest BCUT2D eigenvalue weighted by Crippen LogP contribution is 2.38. The van der Waals surface area contributed by atoms with Gasteiger partial charge in [-0.25, -0.2) is 0 Å². The van der Waals surface area contributed by atoms with Gasteiger partial charge in [0.15, 0.2) is 0 Å². The van der Waals surface area contributed by atoms with Crippen molar-refractivity contribution < 1.29 is 32.5 Å². The van der Waals surface area contributed by atoms with Crippen molar-refractivity contribution in [3.05, 3.63) is 73.8 Å². The fourth-order valence-electron chi connectivity index (χ4n) is 2.00. The first-order valence-electron chi connectivity index (χ1n) is 6.87. The molecule has 0 aliphatic heterocycles. The molecule has 0 bridgehead atoms. The van der Waals surface area contributed by atoms with Gasteiger partial charge in [0.25, 0.3) is 11.4 Å². The Hall–Kier alpha value is -3.50. The third-order valence-electron chi connectivity index (χ3n) is 3.20. The molecular formula is C15H9F3N2O6. The largest absolute Gasteiger partial charge is 0.426 e. The Morgan fingerprint density at radius 2 is 1.50 bits per heavy atom. The summed E-state index contributed by atoms with van der Waals surface area (Å²) in [5, 5.41) is 21.2. The number of ether oxygens (including phenoxy) is 1. The number of alkyl halides is 3. The summed E-state index contributed by atoms with van der Waals surface area (Å²) in [5.74, 6) is -1.92. The molecule has 0 heterocycles. The number of benzene rings is 2. The number of nitrogens with zero attached hydrogens (tertiary/aromatic N) is 2. The van der Waals surface area contributed by atoms with E-state index in [1.165, 1.54) is 12.1 Å². The van der Waals surface area contributed by atoms with Gasteiger partial charge in [0, 0.05) is 24.3 Å². The number of halogens is 3. The molecule has 0 aliphatic rings. The monoisotopic (exact) mass is 370 g/mol. The second-order valence-corrected chi connectivity index (χ2v) is 5.01. The van der Waals surface area contributed by atoms with Crippen molar-refractivity contribution in [2.24, 2.45) is 0 Å². The third-order valence-corrected chi connectivity index (χ3v) is 3.20. The van der Waals surface area contributed by atoms with Crippen molar-refractivity contribution in [1.29, 1.82) is 0 Å². The molecule has 0 saturated heterocycles. The quantitative estimate of drug-likeness (QED) is 0.343. The zero-order valence-electron chi connectivity index (χ0n) is 12.7. The summed E-state index contributed by atoms with van der Waals surface area (Å²) in [5.41, 5.74) is -2.18. The Balaban J connectivity index is 2.20. The number of carbonyl (C=O) groups is 1. The van der Waals surface area contributed by atoms with Crippen LogP contribution in [0.25, 0.3) is 0 Å². The van der Waals surface area contributed by atoms with Gasteiger partial charge >= 0.3 is 12.1 Å². The average Bonchev–Trinajstić information content (AvgIpc) is 2.54. The summed E-state index contributed by atoms with van der Waals surface area (Å²) in [7, 11) is 0. The maximum absolute atomic E-state index is 13.0. The summed E-state index contributed by atoms with van der Waals surface area (Å²) < 4.78 is 43.7. The van der Waals surface area contributed by atoms with E-state index in [0.717, 1.165) is 18.2 Å². The van der Waals surface area contributed by atoms with Crippen LogP contribution in [0.3, 0.4) is 0 Å². The van der Waals surface area contributed by atoms with E-state index in [0.29, 0.717) is 6.07 Å². The molecule has 2 aromatic carbocycles. The van der Waals surface area contributed by atoms with Crippen LogP contribution < -0.4 is 4.74 Å². The van der Waals surface area contributed by atoms with Crippen LogP contribution >= 0.6 is 0 Å². The van der Waals surface area contributed by atoms with Gasteiger partial charge in [-0.2, -0.15) is 13.2 Å².